The molecule has 0 spiro atoms. The molecule has 8 nitrogen and oxygen atoms in total. The van der Waals surface area contributed by atoms with Crippen LogP contribution >= 0.6 is 0 Å². The van der Waals surface area contributed by atoms with Gasteiger partial charge in [-0.1, -0.05) is 17.3 Å². The number of carbonyl (C=O) groups excluding carboxylic acids is 1. The highest BCUT2D eigenvalue weighted by Gasteiger charge is 2.11. The van der Waals surface area contributed by atoms with Crippen LogP contribution in [0.2, 0.25) is 0 Å². The summed E-state index contributed by atoms with van der Waals surface area (Å²) in [6.45, 7) is 0.375. The van der Waals surface area contributed by atoms with Crippen molar-refractivity contribution in [3.63, 3.8) is 0 Å². The van der Waals surface area contributed by atoms with E-state index >= 15 is 0 Å². The molecular formula is C26H26N4O4. The quantitative estimate of drug-likeness (QED) is 0.403. The zero-order valence-corrected chi connectivity index (χ0v) is 19.3. The van der Waals surface area contributed by atoms with Gasteiger partial charge in [-0.05, 0) is 66.2 Å². The third-order valence-electron chi connectivity index (χ3n) is 5.19. The van der Waals surface area contributed by atoms with Crippen LogP contribution in [0.25, 0.3) is 22.8 Å². The number of rotatable bonds is 9. The number of aromatic nitrogens is 2. The Morgan fingerprint density at radius 1 is 0.912 bits per heavy atom. The van der Waals surface area contributed by atoms with Crippen LogP contribution in [0.5, 0.6) is 11.5 Å². The van der Waals surface area contributed by atoms with Gasteiger partial charge in [-0.2, -0.15) is 4.98 Å². The molecule has 34 heavy (non-hydrogen) atoms. The minimum absolute atomic E-state index is 0.0721. The molecule has 1 amide bonds. The first-order valence-electron chi connectivity index (χ1n) is 10.8. The standard InChI is InChI=1S/C26H26N4O4/c1-30(2)21-10-4-18(5-11-21)16-27-24(31)17-33-23-14-8-20(9-15-23)26-28-25(29-34-26)19-6-12-22(32-3)13-7-19/h4-15H,16-17H2,1-3H3,(H,27,31). The number of nitrogens with zero attached hydrogens (tertiary/aromatic N) is 3. The Kier molecular flexibility index (Phi) is 7.07. The molecule has 3 aromatic carbocycles. The Hall–Kier alpha value is -4.33. The summed E-state index contributed by atoms with van der Waals surface area (Å²) in [5.41, 5.74) is 3.72. The molecule has 1 heterocycles. The smallest absolute Gasteiger partial charge is 0.258 e. The van der Waals surface area contributed by atoms with Gasteiger partial charge in [0.25, 0.3) is 11.8 Å². The number of hydrogen-bond donors (Lipinski definition) is 1. The Balaban J connectivity index is 1.28. The Morgan fingerprint density at radius 3 is 2.21 bits per heavy atom. The molecule has 0 bridgehead atoms. The molecule has 8 heteroatoms. The van der Waals surface area contributed by atoms with Crippen molar-refractivity contribution in [3.05, 3.63) is 78.4 Å². The molecule has 0 aliphatic carbocycles. The maximum atomic E-state index is 12.1. The summed E-state index contributed by atoms with van der Waals surface area (Å²) in [4.78, 5) is 18.6. The van der Waals surface area contributed by atoms with Crippen molar-refractivity contribution in [2.24, 2.45) is 0 Å². The Morgan fingerprint density at radius 2 is 1.56 bits per heavy atom. The van der Waals surface area contributed by atoms with Crippen molar-refractivity contribution in [1.29, 1.82) is 0 Å². The number of benzene rings is 3. The van der Waals surface area contributed by atoms with Gasteiger partial charge in [-0.3, -0.25) is 4.79 Å². The highest BCUT2D eigenvalue weighted by Crippen LogP contribution is 2.25. The number of methoxy groups -OCH3 is 1. The monoisotopic (exact) mass is 458 g/mol. The van der Waals surface area contributed by atoms with E-state index in [1.54, 1.807) is 19.2 Å². The summed E-state index contributed by atoms with van der Waals surface area (Å²) in [5.74, 6) is 2.03. The summed E-state index contributed by atoms with van der Waals surface area (Å²) in [6.07, 6.45) is 0. The molecule has 1 aromatic heterocycles. The van der Waals surface area contributed by atoms with Gasteiger partial charge >= 0.3 is 0 Å². The largest absolute Gasteiger partial charge is 0.497 e. The summed E-state index contributed by atoms with van der Waals surface area (Å²) < 4.78 is 16.2. The molecule has 0 fully saturated rings. The zero-order chi connectivity index (χ0) is 23.9. The molecule has 0 aliphatic rings. The zero-order valence-electron chi connectivity index (χ0n) is 19.3. The van der Waals surface area contributed by atoms with Gasteiger partial charge in [0.1, 0.15) is 11.5 Å². The summed E-state index contributed by atoms with van der Waals surface area (Å²) in [5, 5.41) is 6.91. The van der Waals surface area contributed by atoms with E-state index in [1.807, 2.05) is 79.7 Å². The van der Waals surface area contributed by atoms with Crippen LogP contribution in [0.3, 0.4) is 0 Å². The number of hydrogen-bond acceptors (Lipinski definition) is 7. The normalized spacial score (nSPS) is 10.6. The van der Waals surface area contributed by atoms with E-state index in [2.05, 4.69) is 15.5 Å². The predicted octanol–water partition coefficient (Wildman–Crippen LogP) is 4.17. The predicted molar refractivity (Wildman–Crippen MR) is 130 cm³/mol. The van der Waals surface area contributed by atoms with Gasteiger partial charge in [0.05, 0.1) is 7.11 Å². The van der Waals surface area contributed by atoms with E-state index in [4.69, 9.17) is 14.0 Å². The minimum atomic E-state index is -0.193. The van der Waals surface area contributed by atoms with Gasteiger partial charge in [0, 0.05) is 37.5 Å². The average molecular weight is 459 g/mol. The first-order chi connectivity index (χ1) is 16.5. The molecule has 4 rings (SSSR count). The molecule has 0 saturated heterocycles. The van der Waals surface area contributed by atoms with Gasteiger partial charge in [0.2, 0.25) is 5.82 Å². The molecule has 174 valence electrons. The first-order valence-corrected chi connectivity index (χ1v) is 10.8. The van der Waals surface area contributed by atoms with Crippen LogP contribution in [0.4, 0.5) is 5.69 Å². The second kappa shape index (κ2) is 10.5. The maximum absolute atomic E-state index is 12.1. The summed E-state index contributed by atoms with van der Waals surface area (Å²) >= 11 is 0. The van der Waals surface area contributed by atoms with Crippen LogP contribution in [-0.4, -0.2) is 43.9 Å². The third-order valence-corrected chi connectivity index (χ3v) is 5.19. The molecule has 0 atom stereocenters. The fourth-order valence-electron chi connectivity index (χ4n) is 3.20. The Labute approximate surface area is 198 Å². The van der Waals surface area contributed by atoms with Crippen LogP contribution < -0.4 is 19.7 Å². The van der Waals surface area contributed by atoms with Gasteiger partial charge in [0.15, 0.2) is 6.61 Å². The number of amides is 1. The van der Waals surface area contributed by atoms with Crippen molar-refractivity contribution in [2.75, 3.05) is 32.7 Å². The average Bonchev–Trinajstić information content (AvgIpc) is 3.37. The molecule has 1 N–H and O–H groups in total. The second-order valence-corrected chi connectivity index (χ2v) is 7.80. The molecular weight excluding hydrogens is 432 g/mol. The second-order valence-electron chi connectivity index (χ2n) is 7.80. The van der Waals surface area contributed by atoms with E-state index in [0.717, 1.165) is 28.1 Å². The van der Waals surface area contributed by atoms with Crippen molar-refractivity contribution < 1.29 is 18.8 Å². The van der Waals surface area contributed by atoms with Gasteiger partial charge < -0.3 is 24.2 Å². The number of ether oxygens (including phenoxy) is 2. The van der Waals surface area contributed by atoms with Gasteiger partial charge in [-0.15, -0.1) is 0 Å². The first kappa shape index (κ1) is 22.8. The molecule has 0 unspecified atom stereocenters. The lowest BCUT2D eigenvalue weighted by Crippen LogP contribution is -2.28. The lowest BCUT2D eigenvalue weighted by atomic mass is 10.2. The fourth-order valence-corrected chi connectivity index (χ4v) is 3.20. The molecule has 0 aliphatic heterocycles. The molecule has 0 saturated carbocycles. The topological polar surface area (TPSA) is 89.7 Å². The van der Waals surface area contributed by atoms with Crippen molar-refractivity contribution in [1.82, 2.24) is 15.5 Å². The third kappa shape index (κ3) is 5.72. The van der Waals surface area contributed by atoms with Crippen LogP contribution in [0, 0.1) is 0 Å². The lowest BCUT2D eigenvalue weighted by molar-refractivity contribution is -0.123. The number of anilines is 1. The molecule has 4 aromatic rings. The fraction of sp³-hybridized carbons (Fsp3) is 0.192. The number of nitrogens with one attached hydrogen (secondary N) is 1. The van der Waals surface area contributed by atoms with Crippen molar-refractivity contribution in [2.45, 2.75) is 6.54 Å². The van der Waals surface area contributed by atoms with Crippen molar-refractivity contribution >= 4 is 11.6 Å². The van der Waals surface area contributed by atoms with Gasteiger partial charge in [-0.25, -0.2) is 0 Å². The minimum Gasteiger partial charge on any atom is -0.497 e. The van der Waals surface area contributed by atoms with E-state index < -0.39 is 0 Å². The van der Waals surface area contributed by atoms with Crippen LogP contribution in [0.15, 0.2) is 77.3 Å². The maximum Gasteiger partial charge on any atom is 0.258 e. The highest BCUT2D eigenvalue weighted by molar-refractivity contribution is 5.77. The highest BCUT2D eigenvalue weighted by atomic mass is 16.5. The summed E-state index contributed by atoms with van der Waals surface area (Å²) in [6, 6.07) is 22.6. The summed E-state index contributed by atoms with van der Waals surface area (Å²) in [7, 11) is 5.59. The van der Waals surface area contributed by atoms with Crippen LogP contribution in [0.1, 0.15) is 5.56 Å². The van der Waals surface area contributed by atoms with E-state index in [1.165, 1.54) is 0 Å². The van der Waals surface area contributed by atoms with Crippen molar-refractivity contribution in [3.8, 4) is 34.3 Å². The van der Waals surface area contributed by atoms with Crippen LogP contribution in [-0.2, 0) is 11.3 Å². The SMILES string of the molecule is COc1ccc(-c2noc(-c3ccc(OCC(=O)NCc4ccc(N(C)C)cc4)cc3)n2)cc1. The Bertz CT molecular complexity index is 1220. The van der Waals surface area contributed by atoms with E-state index in [-0.39, 0.29) is 12.5 Å². The van der Waals surface area contributed by atoms with E-state index in [9.17, 15) is 4.79 Å². The molecule has 0 radical (unpaired) electrons. The lowest BCUT2D eigenvalue weighted by Gasteiger charge is -2.13. The number of carbonyl (C=O) groups is 1. The van der Waals surface area contributed by atoms with E-state index in [0.29, 0.717) is 24.0 Å².